The highest BCUT2D eigenvalue weighted by molar-refractivity contribution is 7.26. The van der Waals surface area contributed by atoms with E-state index in [2.05, 4.69) is 223 Å². The van der Waals surface area contributed by atoms with Gasteiger partial charge in [0.05, 0.1) is 0 Å². The molecule has 292 valence electrons. The van der Waals surface area contributed by atoms with Gasteiger partial charge in [0.1, 0.15) is 11.2 Å². The van der Waals surface area contributed by atoms with Gasteiger partial charge in [-0.15, -0.1) is 11.3 Å². The lowest BCUT2D eigenvalue weighted by atomic mass is 9.96. The minimum absolute atomic E-state index is 0.644. The highest BCUT2D eigenvalue weighted by Gasteiger charge is 2.19. The summed E-state index contributed by atoms with van der Waals surface area (Å²) in [6, 6.07) is 81.5. The third-order valence-electron chi connectivity index (χ3n) is 12.3. The maximum absolute atomic E-state index is 6.59. The Morgan fingerprint density at radius 3 is 1.79 bits per heavy atom. The zero-order chi connectivity index (χ0) is 41.0. The first kappa shape index (κ1) is 36.2. The molecule has 0 aliphatic carbocycles. The molecule has 2 nitrogen and oxygen atoms in total. The second-order valence-corrected chi connectivity index (χ2v) is 17.1. The van der Waals surface area contributed by atoms with E-state index in [0.29, 0.717) is 6.54 Å². The lowest BCUT2D eigenvalue weighted by molar-refractivity contribution is 0.670. The van der Waals surface area contributed by atoms with Crippen LogP contribution in [0.4, 0.5) is 11.4 Å². The minimum atomic E-state index is 0.644. The second-order valence-electron chi connectivity index (χ2n) is 16.0. The Balaban J connectivity index is 0.982. The SMILES string of the molecule is c1cc(-c2cccc(N(Cc3ccccc3-c3cccc4c3oc3ccccc34)c3cccc(-c4ccc5ccccc5c4)c3)c2)cc(-c2cccc3c2sc2ccccc23)c1. The number of fused-ring (bicyclic) bond motifs is 7. The number of nitrogens with zero attached hydrogens (tertiary/aromatic N) is 1. The van der Waals surface area contributed by atoms with Gasteiger partial charge in [-0.3, -0.25) is 0 Å². The topological polar surface area (TPSA) is 16.4 Å². The van der Waals surface area contributed by atoms with Crippen LogP contribution in [0.25, 0.3) is 97.4 Å². The Kier molecular flexibility index (Phi) is 8.79. The third kappa shape index (κ3) is 6.34. The van der Waals surface area contributed by atoms with Gasteiger partial charge in [0, 0.05) is 54.4 Å². The Labute approximate surface area is 364 Å². The fourth-order valence-electron chi connectivity index (χ4n) is 9.30. The standard InChI is InChI=1S/C59H39NOS/c1-2-15-40-34-44(33-32-39(40)14-1)43-19-11-22-48(37-43)60(38-46-16-3-4-23-49(46)53-27-13-28-54-51-24-5-7-30-56(51)61-58(53)54)47-21-10-18-42(36-47)41-17-9-20-45(35-41)50-26-12-29-55-52-25-6-8-31-57(52)62-59(50)55/h1-37H,38H2. The highest BCUT2D eigenvalue weighted by atomic mass is 32.1. The van der Waals surface area contributed by atoms with Crippen molar-refractivity contribution in [2.45, 2.75) is 6.54 Å². The quantitative estimate of drug-likeness (QED) is 0.152. The molecule has 10 aromatic carbocycles. The molecule has 0 aliphatic heterocycles. The van der Waals surface area contributed by atoms with Crippen molar-refractivity contribution in [3.05, 3.63) is 230 Å². The molecule has 0 N–H and O–H groups in total. The van der Waals surface area contributed by atoms with Crippen LogP contribution >= 0.6 is 11.3 Å². The summed E-state index contributed by atoms with van der Waals surface area (Å²) in [6.45, 7) is 0.644. The molecule has 2 aromatic heterocycles. The summed E-state index contributed by atoms with van der Waals surface area (Å²) in [5, 5.41) is 7.38. The predicted octanol–water partition coefficient (Wildman–Crippen LogP) is 17.1. The Bertz CT molecular complexity index is 3650. The van der Waals surface area contributed by atoms with E-state index in [1.807, 2.05) is 17.4 Å². The lowest BCUT2D eigenvalue weighted by Gasteiger charge is -2.27. The average Bonchev–Trinajstić information content (AvgIpc) is 3.92. The molecule has 62 heavy (non-hydrogen) atoms. The normalized spacial score (nSPS) is 11.6. The first-order valence-electron chi connectivity index (χ1n) is 21.2. The Morgan fingerprint density at radius 2 is 0.952 bits per heavy atom. The molecule has 0 amide bonds. The van der Waals surface area contributed by atoms with Gasteiger partial charge < -0.3 is 9.32 Å². The number of furan rings is 1. The Hall–Kier alpha value is -7.72. The van der Waals surface area contributed by atoms with Crippen molar-refractivity contribution in [3.8, 4) is 44.5 Å². The van der Waals surface area contributed by atoms with Crippen LogP contribution in [0.2, 0.25) is 0 Å². The van der Waals surface area contributed by atoms with Crippen LogP contribution in [0.3, 0.4) is 0 Å². The molecule has 12 aromatic rings. The van der Waals surface area contributed by atoms with E-state index in [1.165, 1.54) is 69.9 Å². The smallest absolute Gasteiger partial charge is 0.143 e. The first-order valence-corrected chi connectivity index (χ1v) is 22.0. The maximum atomic E-state index is 6.59. The summed E-state index contributed by atoms with van der Waals surface area (Å²) < 4.78 is 9.24. The second kappa shape index (κ2) is 15.1. The zero-order valence-corrected chi connectivity index (χ0v) is 34.6. The summed E-state index contributed by atoms with van der Waals surface area (Å²) in [6.07, 6.45) is 0. The summed E-state index contributed by atoms with van der Waals surface area (Å²) in [7, 11) is 0. The molecule has 0 spiro atoms. The van der Waals surface area contributed by atoms with Crippen molar-refractivity contribution in [1.82, 2.24) is 0 Å². The fraction of sp³-hybridized carbons (Fsp3) is 0.0169. The number of rotatable bonds is 8. The molecular formula is C59H39NOS. The molecule has 0 saturated heterocycles. The van der Waals surface area contributed by atoms with Crippen molar-refractivity contribution < 1.29 is 4.42 Å². The summed E-state index contributed by atoms with van der Waals surface area (Å²) >= 11 is 1.88. The number of hydrogen-bond acceptors (Lipinski definition) is 3. The largest absolute Gasteiger partial charge is 0.455 e. The summed E-state index contributed by atoms with van der Waals surface area (Å²) in [5.41, 5.74) is 14.7. The molecule has 12 rings (SSSR count). The van der Waals surface area contributed by atoms with Crippen LogP contribution in [0.15, 0.2) is 229 Å². The monoisotopic (exact) mass is 809 g/mol. The summed E-state index contributed by atoms with van der Waals surface area (Å²) in [5.74, 6) is 0. The number of para-hydroxylation sites is 2. The van der Waals surface area contributed by atoms with E-state index < -0.39 is 0 Å². The van der Waals surface area contributed by atoms with Crippen LogP contribution < -0.4 is 4.90 Å². The van der Waals surface area contributed by atoms with E-state index in [4.69, 9.17) is 4.42 Å². The molecule has 0 unspecified atom stereocenters. The highest BCUT2D eigenvalue weighted by Crippen LogP contribution is 2.42. The molecular weight excluding hydrogens is 771 g/mol. The van der Waals surface area contributed by atoms with Crippen molar-refractivity contribution in [1.29, 1.82) is 0 Å². The van der Waals surface area contributed by atoms with Gasteiger partial charge in [-0.25, -0.2) is 0 Å². The molecule has 2 heterocycles. The van der Waals surface area contributed by atoms with Crippen LogP contribution in [0.5, 0.6) is 0 Å². The first-order chi connectivity index (χ1) is 30.7. The van der Waals surface area contributed by atoms with Crippen molar-refractivity contribution in [3.63, 3.8) is 0 Å². The van der Waals surface area contributed by atoms with Crippen molar-refractivity contribution >= 4 is 75.6 Å². The average molecular weight is 810 g/mol. The third-order valence-corrected chi connectivity index (χ3v) is 13.6. The zero-order valence-electron chi connectivity index (χ0n) is 33.8. The van der Waals surface area contributed by atoms with Crippen LogP contribution in [-0.4, -0.2) is 0 Å². The molecule has 0 saturated carbocycles. The van der Waals surface area contributed by atoms with E-state index in [1.54, 1.807) is 0 Å². The van der Waals surface area contributed by atoms with Crippen LogP contribution in [-0.2, 0) is 6.54 Å². The van der Waals surface area contributed by atoms with E-state index in [-0.39, 0.29) is 0 Å². The molecule has 0 aliphatic rings. The van der Waals surface area contributed by atoms with E-state index in [0.717, 1.165) is 44.4 Å². The summed E-state index contributed by atoms with van der Waals surface area (Å²) in [4.78, 5) is 2.47. The van der Waals surface area contributed by atoms with Gasteiger partial charge in [0.2, 0.25) is 0 Å². The molecule has 0 radical (unpaired) electrons. The molecule has 0 atom stereocenters. The van der Waals surface area contributed by atoms with Crippen LogP contribution in [0, 0.1) is 0 Å². The van der Waals surface area contributed by atoms with Crippen molar-refractivity contribution in [2.75, 3.05) is 4.90 Å². The fourth-order valence-corrected chi connectivity index (χ4v) is 10.5. The van der Waals surface area contributed by atoms with Crippen molar-refractivity contribution in [2.24, 2.45) is 0 Å². The number of hydrogen-bond donors (Lipinski definition) is 0. The Morgan fingerprint density at radius 1 is 0.371 bits per heavy atom. The maximum Gasteiger partial charge on any atom is 0.143 e. The molecule has 0 fully saturated rings. The van der Waals surface area contributed by atoms with Gasteiger partial charge in [-0.05, 0) is 104 Å². The van der Waals surface area contributed by atoms with Gasteiger partial charge >= 0.3 is 0 Å². The minimum Gasteiger partial charge on any atom is -0.455 e. The van der Waals surface area contributed by atoms with E-state index >= 15 is 0 Å². The predicted molar refractivity (Wildman–Crippen MR) is 265 cm³/mol. The number of benzene rings is 10. The lowest BCUT2D eigenvalue weighted by Crippen LogP contribution is -2.17. The van der Waals surface area contributed by atoms with Crippen LogP contribution in [0.1, 0.15) is 5.56 Å². The number of anilines is 2. The molecule has 3 heteroatoms. The van der Waals surface area contributed by atoms with Gasteiger partial charge in [0.15, 0.2) is 0 Å². The van der Waals surface area contributed by atoms with Gasteiger partial charge in [0.25, 0.3) is 0 Å². The number of thiophene rings is 1. The molecule has 0 bridgehead atoms. The van der Waals surface area contributed by atoms with Gasteiger partial charge in [-0.1, -0.05) is 176 Å². The van der Waals surface area contributed by atoms with Gasteiger partial charge in [-0.2, -0.15) is 0 Å². The van der Waals surface area contributed by atoms with E-state index in [9.17, 15) is 0 Å².